The number of phenols is 1. The summed E-state index contributed by atoms with van der Waals surface area (Å²) in [6, 6.07) is 13.3. The van der Waals surface area contributed by atoms with Crippen LogP contribution in [0.1, 0.15) is 24.9 Å². The SMILES string of the molecule is CCC(Nc1cc(Cl)ccc1N(C)C)c1ccc(O)cc1. The van der Waals surface area contributed by atoms with Crippen molar-refractivity contribution in [2.75, 3.05) is 24.3 Å². The third-order valence-corrected chi connectivity index (χ3v) is 3.71. The van der Waals surface area contributed by atoms with E-state index in [2.05, 4.69) is 17.1 Å². The maximum atomic E-state index is 9.41. The van der Waals surface area contributed by atoms with Gasteiger partial charge in [-0.3, -0.25) is 0 Å². The molecule has 0 spiro atoms. The molecule has 0 fully saturated rings. The van der Waals surface area contributed by atoms with Crippen LogP contribution in [0.4, 0.5) is 11.4 Å². The average molecular weight is 305 g/mol. The van der Waals surface area contributed by atoms with Crippen LogP contribution in [0.5, 0.6) is 5.75 Å². The van der Waals surface area contributed by atoms with Crippen LogP contribution < -0.4 is 10.2 Å². The summed E-state index contributed by atoms with van der Waals surface area (Å²) in [5.74, 6) is 0.283. The Morgan fingerprint density at radius 2 is 1.81 bits per heavy atom. The first-order valence-corrected chi connectivity index (χ1v) is 7.41. The molecule has 4 heteroatoms. The standard InChI is InChI=1S/C17H21ClN2O/c1-4-15(12-5-8-14(21)9-6-12)19-16-11-13(18)7-10-17(16)20(2)3/h5-11,15,19,21H,4H2,1-3H3. The number of rotatable bonds is 5. The molecule has 0 saturated carbocycles. The smallest absolute Gasteiger partial charge is 0.115 e. The molecule has 0 saturated heterocycles. The van der Waals surface area contributed by atoms with Crippen LogP contribution >= 0.6 is 11.6 Å². The Bertz CT molecular complexity index is 596. The highest BCUT2D eigenvalue weighted by Gasteiger charge is 2.13. The van der Waals surface area contributed by atoms with E-state index >= 15 is 0 Å². The first-order chi connectivity index (χ1) is 10.0. The number of hydrogen-bond donors (Lipinski definition) is 2. The lowest BCUT2D eigenvalue weighted by Gasteiger charge is -2.24. The van der Waals surface area contributed by atoms with Crippen molar-refractivity contribution in [3.63, 3.8) is 0 Å². The molecule has 2 aromatic carbocycles. The van der Waals surface area contributed by atoms with E-state index in [0.717, 1.165) is 23.4 Å². The van der Waals surface area contributed by atoms with Gasteiger partial charge in [0.1, 0.15) is 5.75 Å². The van der Waals surface area contributed by atoms with Gasteiger partial charge in [0, 0.05) is 19.1 Å². The highest BCUT2D eigenvalue weighted by molar-refractivity contribution is 6.31. The van der Waals surface area contributed by atoms with Gasteiger partial charge in [-0.2, -0.15) is 0 Å². The summed E-state index contributed by atoms with van der Waals surface area (Å²) >= 11 is 6.12. The molecule has 2 N–H and O–H groups in total. The van der Waals surface area contributed by atoms with Crippen LogP contribution in [0, 0.1) is 0 Å². The van der Waals surface area contributed by atoms with Crippen LogP contribution in [-0.4, -0.2) is 19.2 Å². The van der Waals surface area contributed by atoms with Crippen molar-refractivity contribution in [2.24, 2.45) is 0 Å². The van der Waals surface area contributed by atoms with E-state index in [9.17, 15) is 5.11 Å². The van der Waals surface area contributed by atoms with E-state index in [1.165, 1.54) is 0 Å². The second-order valence-corrected chi connectivity index (χ2v) is 5.69. The van der Waals surface area contributed by atoms with Crippen molar-refractivity contribution in [1.29, 1.82) is 0 Å². The number of phenolic OH excluding ortho intramolecular Hbond substituents is 1. The summed E-state index contributed by atoms with van der Waals surface area (Å²) < 4.78 is 0. The Morgan fingerprint density at radius 1 is 1.14 bits per heavy atom. The normalized spacial score (nSPS) is 12.0. The summed E-state index contributed by atoms with van der Waals surface area (Å²) in [7, 11) is 4.02. The number of aromatic hydroxyl groups is 1. The lowest BCUT2D eigenvalue weighted by atomic mass is 10.0. The van der Waals surface area contributed by atoms with Gasteiger partial charge in [0.2, 0.25) is 0 Å². The van der Waals surface area contributed by atoms with Gasteiger partial charge < -0.3 is 15.3 Å². The fourth-order valence-electron chi connectivity index (χ4n) is 2.33. The lowest BCUT2D eigenvalue weighted by Crippen LogP contribution is -2.15. The van der Waals surface area contributed by atoms with Crippen molar-refractivity contribution in [1.82, 2.24) is 0 Å². The van der Waals surface area contributed by atoms with E-state index in [1.807, 2.05) is 44.4 Å². The third-order valence-electron chi connectivity index (χ3n) is 3.47. The van der Waals surface area contributed by atoms with Gasteiger partial charge in [-0.1, -0.05) is 30.7 Å². The number of nitrogens with one attached hydrogen (secondary N) is 1. The summed E-state index contributed by atoms with van der Waals surface area (Å²) in [5.41, 5.74) is 3.24. The predicted octanol–water partition coefficient (Wildman–Crippen LogP) is 4.67. The van der Waals surface area contributed by atoms with Crippen LogP contribution in [0.2, 0.25) is 5.02 Å². The van der Waals surface area contributed by atoms with E-state index in [4.69, 9.17) is 11.6 Å². The quantitative estimate of drug-likeness (QED) is 0.842. The molecule has 0 aliphatic rings. The molecule has 0 radical (unpaired) electrons. The fourth-order valence-corrected chi connectivity index (χ4v) is 2.50. The van der Waals surface area contributed by atoms with Gasteiger partial charge in [-0.05, 0) is 42.3 Å². The summed E-state index contributed by atoms with van der Waals surface area (Å²) in [6.45, 7) is 2.13. The van der Waals surface area contributed by atoms with Crippen LogP contribution in [0.25, 0.3) is 0 Å². The topological polar surface area (TPSA) is 35.5 Å². The molecule has 0 amide bonds. The van der Waals surface area contributed by atoms with Gasteiger partial charge in [0.25, 0.3) is 0 Å². The Balaban J connectivity index is 2.30. The molecule has 3 nitrogen and oxygen atoms in total. The van der Waals surface area contributed by atoms with Gasteiger partial charge in [0.05, 0.1) is 17.4 Å². The van der Waals surface area contributed by atoms with Crippen LogP contribution in [-0.2, 0) is 0 Å². The van der Waals surface area contributed by atoms with Crippen molar-refractivity contribution in [2.45, 2.75) is 19.4 Å². The van der Waals surface area contributed by atoms with Crippen molar-refractivity contribution in [3.8, 4) is 5.75 Å². The minimum absolute atomic E-state index is 0.169. The van der Waals surface area contributed by atoms with Crippen molar-refractivity contribution >= 4 is 23.0 Å². The Morgan fingerprint density at radius 3 is 2.38 bits per heavy atom. The molecule has 2 rings (SSSR count). The minimum Gasteiger partial charge on any atom is -0.508 e. The monoisotopic (exact) mass is 304 g/mol. The molecule has 112 valence electrons. The number of benzene rings is 2. The predicted molar refractivity (Wildman–Crippen MR) is 90.5 cm³/mol. The first kappa shape index (κ1) is 15.5. The van der Waals surface area contributed by atoms with E-state index in [0.29, 0.717) is 5.02 Å². The average Bonchev–Trinajstić information content (AvgIpc) is 2.45. The number of halogens is 1. The van der Waals surface area contributed by atoms with Gasteiger partial charge in [0.15, 0.2) is 0 Å². The van der Waals surface area contributed by atoms with Crippen LogP contribution in [0.3, 0.4) is 0 Å². The van der Waals surface area contributed by atoms with E-state index in [-0.39, 0.29) is 11.8 Å². The second-order valence-electron chi connectivity index (χ2n) is 5.25. The summed E-state index contributed by atoms with van der Waals surface area (Å²) in [4.78, 5) is 2.06. The summed E-state index contributed by atoms with van der Waals surface area (Å²) in [6.07, 6.45) is 0.935. The minimum atomic E-state index is 0.169. The molecular weight excluding hydrogens is 284 g/mol. The second kappa shape index (κ2) is 6.72. The van der Waals surface area contributed by atoms with E-state index in [1.54, 1.807) is 12.1 Å². The molecule has 0 aliphatic carbocycles. The molecule has 21 heavy (non-hydrogen) atoms. The van der Waals surface area contributed by atoms with Gasteiger partial charge >= 0.3 is 0 Å². The fraction of sp³-hybridized carbons (Fsp3) is 0.294. The molecule has 1 unspecified atom stereocenters. The zero-order valence-corrected chi connectivity index (χ0v) is 13.4. The van der Waals surface area contributed by atoms with Crippen molar-refractivity contribution < 1.29 is 5.11 Å². The zero-order valence-electron chi connectivity index (χ0n) is 12.6. The molecule has 1 atom stereocenters. The molecule has 0 heterocycles. The Hall–Kier alpha value is -1.87. The lowest BCUT2D eigenvalue weighted by molar-refractivity contribution is 0.475. The Labute approximate surface area is 131 Å². The molecule has 0 aliphatic heterocycles. The molecular formula is C17H21ClN2O. The van der Waals surface area contributed by atoms with E-state index < -0.39 is 0 Å². The number of nitrogens with zero attached hydrogens (tertiary/aromatic N) is 1. The maximum absolute atomic E-state index is 9.41. The third kappa shape index (κ3) is 3.82. The summed E-state index contributed by atoms with van der Waals surface area (Å²) in [5, 5.41) is 13.7. The zero-order chi connectivity index (χ0) is 15.4. The molecule has 0 bridgehead atoms. The highest BCUT2D eigenvalue weighted by Crippen LogP contribution is 2.32. The first-order valence-electron chi connectivity index (χ1n) is 7.03. The van der Waals surface area contributed by atoms with Crippen molar-refractivity contribution in [3.05, 3.63) is 53.1 Å². The van der Waals surface area contributed by atoms with Gasteiger partial charge in [-0.15, -0.1) is 0 Å². The highest BCUT2D eigenvalue weighted by atomic mass is 35.5. The van der Waals surface area contributed by atoms with Crippen LogP contribution in [0.15, 0.2) is 42.5 Å². The maximum Gasteiger partial charge on any atom is 0.115 e. The molecule has 0 aromatic heterocycles. The number of hydrogen-bond acceptors (Lipinski definition) is 3. The largest absolute Gasteiger partial charge is 0.508 e. The van der Waals surface area contributed by atoms with Gasteiger partial charge in [-0.25, -0.2) is 0 Å². The number of anilines is 2. The molecule has 2 aromatic rings. The Kier molecular flexibility index (Phi) is 4.97.